The van der Waals surface area contributed by atoms with Gasteiger partial charge in [0.25, 0.3) is 0 Å². The first-order valence-electron chi connectivity index (χ1n) is 22.0. The topological polar surface area (TPSA) is 25.8 Å². The number of rotatable bonds is 5. The molecule has 2 nitrogen and oxygen atoms in total. The summed E-state index contributed by atoms with van der Waals surface area (Å²) in [4.78, 5) is 10.5. The van der Waals surface area contributed by atoms with Crippen molar-refractivity contribution in [1.29, 1.82) is 0 Å². The van der Waals surface area contributed by atoms with E-state index in [0.717, 1.165) is 36.1 Å². The summed E-state index contributed by atoms with van der Waals surface area (Å²) >= 11 is 0. The molecular weight excluding hydrogens is 665 g/mol. The second kappa shape index (κ2) is 11.9. The van der Waals surface area contributed by atoms with E-state index in [2.05, 4.69) is 144 Å². The molecule has 2 bridgehead atoms. The van der Waals surface area contributed by atoms with Crippen molar-refractivity contribution in [3.05, 3.63) is 105 Å². The minimum atomic E-state index is 0.0146. The lowest BCUT2D eigenvalue weighted by atomic mass is 9.54. The van der Waals surface area contributed by atoms with Gasteiger partial charge in [0.2, 0.25) is 0 Å². The van der Waals surface area contributed by atoms with Crippen LogP contribution in [0.3, 0.4) is 0 Å². The molecule has 2 aromatic carbocycles. The monoisotopic (exact) mass is 733 g/mol. The van der Waals surface area contributed by atoms with Crippen LogP contribution in [0.1, 0.15) is 204 Å². The number of pyridine rings is 2. The van der Waals surface area contributed by atoms with Crippen molar-refractivity contribution in [3.8, 4) is 22.5 Å². The Bertz CT molecular complexity index is 2200. The maximum absolute atomic E-state index is 5.30. The third-order valence-corrected chi connectivity index (χ3v) is 18.0. The van der Waals surface area contributed by atoms with E-state index in [4.69, 9.17) is 9.97 Å². The maximum Gasteiger partial charge on any atom is 0.0705 e. The van der Waals surface area contributed by atoms with Crippen LogP contribution in [0, 0.1) is 5.41 Å². The summed E-state index contributed by atoms with van der Waals surface area (Å²) < 4.78 is 0. The molecule has 0 aliphatic heterocycles. The van der Waals surface area contributed by atoms with E-state index in [1.165, 1.54) is 90.3 Å². The van der Waals surface area contributed by atoms with Crippen molar-refractivity contribution >= 4 is 0 Å². The molecule has 2 heteroatoms. The van der Waals surface area contributed by atoms with Gasteiger partial charge in [-0.25, -0.2) is 0 Å². The van der Waals surface area contributed by atoms with Crippen LogP contribution in [0.15, 0.2) is 60.9 Å². The Kier molecular flexibility index (Phi) is 8.07. The molecule has 55 heavy (non-hydrogen) atoms. The smallest absolute Gasteiger partial charge is 0.0705 e. The van der Waals surface area contributed by atoms with Gasteiger partial charge in [-0.1, -0.05) is 107 Å². The Morgan fingerprint density at radius 1 is 0.473 bits per heavy atom. The van der Waals surface area contributed by atoms with Crippen molar-refractivity contribution in [1.82, 2.24) is 9.97 Å². The average Bonchev–Trinajstić information content (AvgIpc) is 3.28. The molecular formula is C53H68N2. The fourth-order valence-corrected chi connectivity index (χ4v) is 12.6. The second-order valence-electron chi connectivity index (χ2n) is 22.7. The Morgan fingerprint density at radius 2 is 0.982 bits per heavy atom. The van der Waals surface area contributed by atoms with Gasteiger partial charge in [-0.15, -0.1) is 0 Å². The first-order chi connectivity index (χ1) is 25.7. The first-order valence-corrected chi connectivity index (χ1v) is 22.0. The van der Waals surface area contributed by atoms with Gasteiger partial charge in [0.05, 0.1) is 11.4 Å². The van der Waals surface area contributed by atoms with Crippen molar-refractivity contribution in [2.75, 3.05) is 0 Å². The number of hydrogen-bond donors (Lipinski definition) is 0. The van der Waals surface area contributed by atoms with E-state index in [9.17, 15) is 0 Å². The molecule has 1 fully saturated rings. The van der Waals surface area contributed by atoms with E-state index in [-0.39, 0.29) is 37.9 Å². The Morgan fingerprint density at radius 3 is 1.62 bits per heavy atom. The molecule has 4 aromatic rings. The highest BCUT2D eigenvalue weighted by Gasteiger charge is 2.59. The number of fused-ring (bicyclic) bond motifs is 5. The van der Waals surface area contributed by atoms with Crippen LogP contribution in [-0.2, 0) is 32.5 Å². The van der Waals surface area contributed by atoms with Crippen LogP contribution in [0.4, 0.5) is 0 Å². The summed E-state index contributed by atoms with van der Waals surface area (Å²) in [6, 6.07) is 19.7. The third kappa shape index (κ3) is 5.38. The van der Waals surface area contributed by atoms with Gasteiger partial charge in [-0.2, -0.15) is 0 Å². The van der Waals surface area contributed by atoms with Crippen LogP contribution in [0.2, 0.25) is 0 Å². The summed E-state index contributed by atoms with van der Waals surface area (Å²) in [6.07, 6.45) is 17.2. The summed E-state index contributed by atoms with van der Waals surface area (Å²) in [5, 5.41) is 0. The molecule has 0 N–H and O–H groups in total. The summed E-state index contributed by atoms with van der Waals surface area (Å²) in [7, 11) is 0. The molecule has 6 aliphatic carbocycles. The molecule has 0 spiro atoms. The maximum atomic E-state index is 5.30. The average molecular weight is 733 g/mol. The van der Waals surface area contributed by atoms with Crippen molar-refractivity contribution < 1.29 is 0 Å². The second-order valence-corrected chi connectivity index (χ2v) is 22.7. The molecule has 6 aliphatic rings. The predicted octanol–water partition coefficient (Wildman–Crippen LogP) is 14.3. The Balaban J connectivity index is 1.04. The molecule has 10 rings (SSSR count). The fourth-order valence-electron chi connectivity index (χ4n) is 12.6. The molecule has 0 radical (unpaired) electrons. The van der Waals surface area contributed by atoms with Crippen molar-refractivity contribution in [2.24, 2.45) is 5.41 Å². The lowest BCUT2D eigenvalue weighted by Crippen LogP contribution is -2.45. The lowest BCUT2D eigenvalue weighted by molar-refractivity contribution is 0.0933. The van der Waals surface area contributed by atoms with E-state index in [1.54, 1.807) is 16.7 Å². The summed E-state index contributed by atoms with van der Waals surface area (Å²) in [5.74, 6) is 1.53. The predicted molar refractivity (Wildman–Crippen MR) is 232 cm³/mol. The highest BCUT2D eigenvalue weighted by Crippen LogP contribution is 2.65. The largest absolute Gasteiger partial charge is 0.256 e. The van der Waals surface area contributed by atoms with Gasteiger partial charge in [0.1, 0.15) is 0 Å². The number of nitrogens with zero attached hydrogens (tertiary/aromatic N) is 2. The zero-order valence-electron chi connectivity index (χ0n) is 36.4. The molecule has 1 saturated carbocycles. The minimum absolute atomic E-state index is 0.0146. The molecule has 2 heterocycles. The SMILES string of the molecule is CC1(C)CCC(C)(C)c2cc(-c3ccc4c(c3)C(C)(C)C(C)(C)C4(C)CCC3(C)CCC(C)(C)c4cc(-c5ccc6c(c5)C5CCC6CC5)ncc43)ncc21. The quantitative estimate of drug-likeness (QED) is 0.204. The van der Waals surface area contributed by atoms with E-state index >= 15 is 0 Å². The molecule has 2 unspecified atom stereocenters. The summed E-state index contributed by atoms with van der Waals surface area (Å²) in [5.41, 5.74) is 17.8. The minimum Gasteiger partial charge on any atom is -0.256 e. The zero-order valence-corrected chi connectivity index (χ0v) is 36.4. The molecule has 290 valence electrons. The molecule has 0 amide bonds. The van der Waals surface area contributed by atoms with Gasteiger partial charge in [-0.3, -0.25) is 9.97 Å². The van der Waals surface area contributed by atoms with E-state index < -0.39 is 0 Å². The van der Waals surface area contributed by atoms with E-state index in [1.807, 2.05) is 0 Å². The highest BCUT2D eigenvalue weighted by molar-refractivity contribution is 5.67. The Hall–Kier alpha value is -3.26. The highest BCUT2D eigenvalue weighted by atomic mass is 14.7. The number of hydrogen-bond acceptors (Lipinski definition) is 2. The van der Waals surface area contributed by atoms with Gasteiger partial charge >= 0.3 is 0 Å². The van der Waals surface area contributed by atoms with Crippen molar-refractivity contribution in [2.45, 2.75) is 192 Å². The standard InChI is InChI=1S/C53H68N2/c1-47(2)21-22-49(5,6)43-31-54-46(29-40(43)47)36-18-20-39-42(28-36)50(7,8)51(9,10)53(39,12)26-25-52(11)24-23-48(3,4)41-30-45(55-32-44(41)52)35-17-19-37-33-13-15-34(16-14-33)38(37)27-35/h17-20,27-34H,13-16,21-26H2,1-12H3. The zero-order chi connectivity index (χ0) is 39.1. The number of benzene rings is 2. The van der Waals surface area contributed by atoms with Crippen LogP contribution in [0.25, 0.3) is 22.5 Å². The molecule has 2 aromatic heterocycles. The summed E-state index contributed by atoms with van der Waals surface area (Å²) in [6.45, 7) is 29.8. The van der Waals surface area contributed by atoms with Gasteiger partial charge < -0.3 is 0 Å². The van der Waals surface area contributed by atoms with Crippen LogP contribution in [0.5, 0.6) is 0 Å². The van der Waals surface area contributed by atoms with Crippen molar-refractivity contribution in [3.63, 3.8) is 0 Å². The van der Waals surface area contributed by atoms with Gasteiger partial charge in [0, 0.05) is 23.5 Å². The van der Waals surface area contributed by atoms with Crippen LogP contribution >= 0.6 is 0 Å². The van der Waals surface area contributed by atoms with Gasteiger partial charge in [0.15, 0.2) is 0 Å². The Labute approximate surface area is 333 Å². The van der Waals surface area contributed by atoms with Crippen LogP contribution in [-0.4, -0.2) is 9.97 Å². The molecule has 2 atom stereocenters. The van der Waals surface area contributed by atoms with Gasteiger partial charge in [-0.05, 0) is 183 Å². The lowest BCUT2D eigenvalue weighted by Gasteiger charge is -2.49. The molecule has 0 saturated heterocycles. The first kappa shape index (κ1) is 37.3. The van der Waals surface area contributed by atoms with Crippen LogP contribution < -0.4 is 0 Å². The third-order valence-electron chi connectivity index (χ3n) is 18.0. The number of aromatic nitrogens is 2. The van der Waals surface area contributed by atoms with E-state index in [0.29, 0.717) is 0 Å². The fraction of sp³-hybridized carbons (Fsp3) is 0.585. The normalized spacial score (nSPS) is 29.9.